The zero-order valence-corrected chi connectivity index (χ0v) is 11.1. The Kier molecular flexibility index (Phi) is 3.65. The van der Waals surface area contributed by atoms with E-state index >= 15 is 0 Å². The number of benzene rings is 1. The molecule has 20 heavy (non-hydrogen) atoms. The average molecular weight is 267 g/mol. The Hall–Kier alpha value is -2.33. The van der Waals surface area contributed by atoms with Crippen LogP contribution in [0.3, 0.4) is 0 Å². The molecule has 1 aromatic carbocycles. The summed E-state index contributed by atoms with van der Waals surface area (Å²) >= 11 is 0. The second-order valence-electron chi connectivity index (χ2n) is 4.72. The van der Waals surface area contributed by atoms with Crippen LogP contribution in [0, 0.1) is 0 Å². The Morgan fingerprint density at radius 2 is 2.00 bits per heavy atom. The Morgan fingerprint density at radius 3 is 2.85 bits per heavy atom. The summed E-state index contributed by atoms with van der Waals surface area (Å²) in [5.74, 6) is 0.844. The average Bonchev–Trinajstić information content (AvgIpc) is 2.97. The highest BCUT2D eigenvalue weighted by molar-refractivity contribution is 5.87. The minimum atomic E-state index is 0.0345. The number of nitrogens with two attached hydrogens (primary N) is 1. The molecule has 0 saturated carbocycles. The van der Waals surface area contributed by atoms with E-state index < -0.39 is 0 Å². The van der Waals surface area contributed by atoms with Crippen LogP contribution in [-0.4, -0.2) is 11.5 Å². The standard InChI is InChI=1S/C16H17N3O/c17-14(12-4-2-1-3-5-12)6-9-18-16-13-8-11-20-15(13)7-10-19-16/h1-5,7-8,10-11,14H,6,9,17H2,(H,18,19). The van der Waals surface area contributed by atoms with E-state index in [0.29, 0.717) is 0 Å². The van der Waals surface area contributed by atoms with Crippen LogP contribution in [0.1, 0.15) is 18.0 Å². The molecule has 102 valence electrons. The molecule has 0 spiro atoms. The maximum absolute atomic E-state index is 6.17. The van der Waals surface area contributed by atoms with Crippen molar-refractivity contribution in [3.8, 4) is 0 Å². The van der Waals surface area contributed by atoms with Gasteiger partial charge in [-0.3, -0.25) is 0 Å². The summed E-state index contributed by atoms with van der Waals surface area (Å²) in [6, 6.07) is 13.9. The Balaban J connectivity index is 1.61. The molecule has 0 saturated heterocycles. The van der Waals surface area contributed by atoms with E-state index in [9.17, 15) is 0 Å². The van der Waals surface area contributed by atoms with Gasteiger partial charge in [-0.2, -0.15) is 0 Å². The highest BCUT2D eigenvalue weighted by Crippen LogP contribution is 2.22. The molecule has 0 radical (unpaired) electrons. The lowest BCUT2D eigenvalue weighted by molar-refractivity contribution is 0.615. The van der Waals surface area contributed by atoms with Gasteiger partial charge in [0.05, 0.1) is 11.6 Å². The van der Waals surface area contributed by atoms with Gasteiger partial charge in [-0.25, -0.2) is 4.98 Å². The quantitative estimate of drug-likeness (QED) is 0.744. The molecule has 0 aliphatic rings. The van der Waals surface area contributed by atoms with Crippen LogP contribution in [0.25, 0.3) is 11.0 Å². The fourth-order valence-corrected chi connectivity index (χ4v) is 2.25. The Labute approximate surface area is 117 Å². The zero-order chi connectivity index (χ0) is 13.8. The van der Waals surface area contributed by atoms with Gasteiger partial charge in [-0.1, -0.05) is 30.3 Å². The van der Waals surface area contributed by atoms with Crippen molar-refractivity contribution in [2.75, 3.05) is 11.9 Å². The van der Waals surface area contributed by atoms with Crippen molar-refractivity contribution in [2.24, 2.45) is 5.73 Å². The van der Waals surface area contributed by atoms with Gasteiger partial charge >= 0.3 is 0 Å². The van der Waals surface area contributed by atoms with Gasteiger partial charge < -0.3 is 15.5 Å². The molecule has 3 aromatic rings. The van der Waals surface area contributed by atoms with Gasteiger partial charge in [0.2, 0.25) is 0 Å². The van der Waals surface area contributed by atoms with E-state index in [4.69, 9.17) is 10.2 Å². The Morgan fingerprint density at radius 1 is 1.15 bits per heavy atom. The lowest BCUT2D eigenvalue weighted by Gasteiger charge is -2.13. The predicted molar refractivity (Wildman–Crippen MR) is 80.5 cm³/mol. The molecule has 2 aromatic heterocycles. The first-order valence-corrected chi connectivity index (χ1v) is 6.71. The molecule has 1 unspecified atom stereocenters. The zero-order valence-electron chi connectivity index (χ0n) is 11.1. The van der Waals surface area contributed by atoms with E-state index in [1.807, 2.05) is 30.3 Å². The third-order valence-electron chi connectivity index (χ3n) is 3.36. The van der Waals surface area contributed by atoms with Crippen LogP contribution >= 0.6 is 0 Å². The van der Waals surface area contributed by atoms with Crippen molar-refractivity contribution in [2.45, 2.75) is 12.5 Å². The smallest absolute Gasteiger partial charge is 0.139 e. The summed E-state index contributed by atoms with van der Waals surface area (Å²) < 4.78 is 5.35. The molecule has 0 fully saturated rings. The molecule has 0 bridgehead atoms. The topological polar surface area (TPSA) is 64.1 Å². The van der Waals surface area contributed by atoms with Gasteiger partial charge in [-0.15, -0.1) is 0 Å². The highest BCUT2D eigenvalue weighted by atomic mass is 16.3. The number of rotatable bonds is 5. The summed E-state index contributed by atoms with van der Waals surface area (Å²) in [5.41, 5.74) is 8.17. The minimum absolute atomic E-state index is 0.0345. The first-order chi connectivity index (χ1) is 9.84. The number of hydrogen-bond acceptors (Lipinski definition) is 4. The van der Waals surface area contributed by atoms with E-state index in [1.165, 1.54) is 0 Å². The number of furan rings is 1. The summed E-state index contributed by atoms with van der Waals surface area (Å²) in [6.45, 7) is 0.771. The summed E-state index contributed by atoms with van der Waals surface area (Å²) in [7, 11) is 0. The lowest BCUT2D eigenvalue weighted by Crippen LogP contribution is -2.15. The fourth-order valence-electron chi connectivity index (χ4n) is 2.25. The van der Waals surface area contributed by atoms with Crippen LogP contribution in [0.4, 0.5) is 5.82 Å². The van der Waals surface area contributed by atoms with Crippen LogP contribution in [0.5, 0.6) is 0 Å². The third-order valence-corrected chi connectivity index (χ3v) is 3.36. The van der Waals surface area contributed by atoms with Gasteiger partial charge in [0.25, 0.3) is 0 Å². The maximum Gasteiger partial charge on any atom is 0.139 e. The number of fused-ring (bicyclic) bond motifs is 1. The normalized spacial score (nSPS) is 12.4. The van der Waals surface area contributed by atoms with E-state index in [2.05, 4.69) is 22.4 Å². The first kappa shape index (κ1) is 12.7. The highest BCUT2D eigenvalue weighted by Gasteiger charge is 2.07. The molecule has 3 N–H and O–H groups in total. The Bertz CT molecular complexity index is 678. The largest absolute Gasteiger partial charge is 0.464 e. The van der Waals surface area contributed by atoms with Crippen molar-refractivity contribution in [3.63, 3.8) is 0 Å². The molecular weight excluding hydrogens is 250 g/mol. The monoisotopic (exact) mass is 267 g/mol. The molecule has 0 amide bonds. The third kappa shape index (κ3) is 2.65. The number of pyridine rings is 1. The van der Waals surface area contributed by atoms with Crippen molar-refractivity contribution < 1.29 is 4.42 Å². The van der Waals surface area contributed by atoms with Crippen molar-refractivity contribution >= 4 is 16.8 Å². The molecule has 1 atom stereocenters. The van der Waals surface area contributed by atoms with Crippen LogP contribution in [0.15, 0.2) is 59.3 Å². The second kappa shape index (κ2) is 5.75. The summed E-state index contributed by atoms with van der Waals surface area (Å²) in [5, 5.41) is 4.32. The molecular formula is C16H17N3O. The van der Waals surface area contributed by atoms with Crippen LogP contribution < -0.4 is 11.1 Å². The number of hydrogen-bond donors (Lipinski definition) is 2. The van der Waals surface area contributed by atoms with E-state index in [0.717, 1.165) is 35.3 Å². The van der Waals surface area contributed by atoms with E-state index in [1.54, 1.807) is 12.5 Å². The molecule has 4 nitrogen and oxygen atoms in total. The SMILES string of the molecule is NC(CCNc1nccc2occc12)c1ccccc1. The van der Waals surface area contributed by atoms with Gasteiger partial charge in [0.1, 0.15) is 11.4 Å². The molecule has 2 heterocycles. The molecule has 0 aliphatic carbocycles. The van der Waals surface area contributed by atoms with Crippen LogP contribution in [0.2, 0.25) is 0 Å². The molecule has 0 aliphatic heterocycles. The summed E-state index contributed by atoms with van der Waals surface area (Å²) in [4.78, 5) is 4.34. The van der Waals surface area contributed by atoms with Crippen molar-refractivity contribution in [1.29, 1.82) is 0 Å². The number of anilines is 1. The van der Waals surface area contributed by atoms with Gasteiger partial charge in [0, 0.05) is 18.8 Å². The summed E-state index contributed by atoms with van der Waals surface area (Å²) in [6.07, 6.45) is 4.26. The molecule has 4 heteroatoms. The number of aromatic nitrogens is 1. The van der Waals surface area contributed by atoms with E-state index in [-0.39, 0.29) is 6.04 Å². The van der Waals surface area contributed by atoms with Crippen molar-refractivity contribution in [1.82, 2.24) is 4.98 Å². The number of nitrogens with one attached hydrogen (secondary N) is 1. The minimum Gasteiger partial charge on any atom is -0.464 e. The first-order valence-electron chi connectivity index (χ1n) is 6.71. The van der Waals surface area contributed by atoms with Gasteiger partial charge in [-0.05, 0) is 24.1 Å². The maximum atomic E-state index is 6.17. The number of nitrogens with zero attached hydrogens (tertiary/aromatic N) is 1. The lowest BCUT2D eigenvalue weighted by atomic mass is 10.1. The van der Waals surface area contributed by atoms with Gasteiger partial charge in [0.15, 0.2) is 0 Å². The fraction of sp³-hybridized carbons (Fsp3) is 0.188. The predicted octanol–water partition coefficient (Wildman–Crippen LogP) is 3.33. The van der Waals surface area contributed by atoms with Crippen molar-refractivity contribution in [3.05, 3.63) is 60.5 Å². The van der Waals surface area contributed by atoms with Crippen LogP contribution in [-0.2, 0) is 0 Å². The molecule has 3 rings (SSSR count). The second-order valence-corrected chi connectivity index (χ2v) is 4.72.